The lowest BCUT2D eigenvalue weighted by Gasteiger charge is -2.35. The second-order valence-electron chi connectivity index (χ2n) is 5.26. The van der Waals surface area contributed by atoms with Gasteiger partial charge in [-0.05, 0) is 12.5 Å². The summed E-state index contributed by atoms with van der Waals surface area (Å²) in [7, 11) is 0. The van der Waals surface area contributed by atoms with E-state index in [-0.39, 0.29) is 6.03 Å². The summed E-state index contributed by atoms with van der Waals surface area (Å²) in [5.41, 5.74) is 1.26. The van der Waals surface area contributed by atoms with Crippen molar-refractivity contribution in [2.75, 3.05) is 26.2 Å². The first-order chi connectivity index (χ1) is 10.1. The number of carboxylic acid groups (broad SMARTS) is 1. The van der Waals surface area contributed by atoms with Crippen molar-refractivity contribution in [2.24, 2.45) is 0 Å². The first-order valence-corrected chi connectivity index (χ1v) is 7.11. The van der Waals surface area contributed by atoms with Crippen LogP contribution < -0.4 is 5.32 Å². The Bertz CT molecular complexity index is 484. The van der Waals surface area contributed by atoms with Gasteiger partial charge in [0, 0.05) is 32.7 Å². The minimum atomic E-state index is -1.02. The molecule has 21 heavy (non-hydrogen) atoms. The highest BCUT2D eigenvalue weighted by Gasteiger charge is 2.23. The van der Waals surface area contributed by atoms with E-state index in [9.17, 15) is 9.59 Å². The van der Waals surface area contributed by atoms with Gasteiger partial charge in [-0.2, -0.15) is 0 Å². The number of hydrogen-bond donors (Lipinski definition) is 2. The Balaban J connectivity index is 1.78. The van der Waals surface area contributed by atoms with Crippen molar-refractivity contribution in [2.45, 2.75) is 19.5 Å². The van der Waals surface area contributed by atoms with Gasteiger partial charge in [0.05, 0.1) is 0 Å². The van der Waals surface area contributed by atoms with E-state index in [0.717, 1.165) is 19.6 Å². The molecule has 2 amide bonds. The maximum Gasteiger partial charge on any atom is 0.325 e. The molecule has 1 unspecified atom stereocenters. The SMILES string of the molecule is CC(NC(=O)N1CCN(Cc2ccccc2)CC1)C(=O)O. The summed E-state index contributed by atoms with van der Waals surface area (Å²) in [6.45, 7) is 5.16. The van der Waals surface area contributed by atoms with E-state index >= 15 is 0 Å². The lowest BCUT2D eigenvalue weighted by atomic mass is 10.2. The number of rotatable bonds is 4. The number of amides is 2. The third kappa shape index (κ3) is 4.46. The Labute approximate surface area is 124 Å². The first-order valence-electron chi connectivity index (χ1n) is 7.11. The van der Waals surface area contributed by atoms with Crippen molar-refractivity contribution < 1.29 is 14.7 Å². The van der Waals surface area contributed by atoms with Crippen LogP contribution in [0, 0.1) is 0 Å². The lowest BCUT2D eigenvalue weighted by Crippen LogP contribution is -2.53. The predicted octanol–water partition coefficient (Wildman–Crippen LogP) is 0.987. The molecule has 0 spiro atoms. The molecular weight excluding hydrogens is 270 g/mol. The highest BCUT2D eigenvalue weighted by Crippen LogP contribution is 2.08. The molecule has 1 heterocycles. The van der Waals surface area contributed by atoms with E-state index in [0.29, 0.717) is 13.1 Å². The Morgan fingerprint density at radius 1 is 1.19 bits per heavy atom. The number of carbonyl (C=O) groups is 2. The van der Waals surface area contributed by atoms with Crippen LogP contribution in [0.3, 0.4) is 0 Å². The largest absolute Gasteiger partial charge is 0.480 e. The fourth-order valence-corrected chi connectivity index (χ4v) is 2.29. The molecule has 0 saturated carbocycles. The highest BCUT2D eigenvalue weighted by atomic mass is 16.4. The molecule has 2 N–H and O–H groups in total. The smallest absolute Gasteiger partial charge is 0.325 e. The van der Waals surface area contributed by atoms with Crippen LogP contribution in [0.4, 0.5) is 4.79 Å². The zero-order valence-electron chi connectivity index (χ0n) is 12.2. The van der Waals surface area contributed by atoms with Crippen LogP contribution in [0.25, 0.3) is 0 Å². The molecule has 0 bridgehead atoms. The predicted molar refractivity (Wildman–Crippen MR) is 78.9 cm³/mol. The van der Waals surface area contributed by atoms with Crippen LogP contribution in [-0.2, 0) is 11.3 Å². The van der Waals surface area contributed by atoms with E-state index in [1.807, 2.05) is 18.2 Å². The van der Waals surface area contributed by atoms with Crippen LogP contribution in [0.5, 0.6) is 0 Å². The van der Waals surface area contributed by atoms with Crippen molar-refractivity contribution in [1.82, 2.24) is 15.1 Å². The molecule has 1 fully saturated rings. The number of nitrogens with zero attached hydrogens (tertiary/aromatic N) is 2. The number of benzene rings is 1. The molecule has 1 aromatic carbocycles. The van der Waals surface area contributed by atoms with E-state index < -0.39 is 12.0 Å². The Morgan fingerprint density at radius 2 is 1.81 bits per heavy atom. The number of carboxylic acids is 1. The molecule has 2 rings (SSSR count). The minimum absolute atomic E-state index is 0.302. The molecule has 1 aliphatic heterocycles. The topological polar surface area (TPSA) is 72.9 Å². The third-order valence-corrected chi connectivity index (χ3v) is 3.62. The van der Waals surface area contributed by atoms with Crippen LogP contribution in [0.1, 0.15) is 12.5 Å². The third-order valence-electron chi connectivity index (χ3n) is 3.62. The van der Waals surface area contributed by atoms with Gasteiger partial charge in [-0.25, -0.2) is 4.79 Å². The Morgan fingerprint density at radius 3 is 2.38 bits per heavy atom. The number of carbonyl (C=O) groups excluding carboxylic acids is 1. The van der Waals surface area contributed by atoms with Crippen molar-refractivity contribution in [1.29, 1.82) is 0 Å². The van der Waals surface area contributed by atoms with Crippen LogP contribution in [0.15, 0.2) is 30.3 Å². The summed E-state index contributed by atoms with van der Waals surface area (Å²) in [4.78, 5) is 26.6. The van der Waals surface area contributed by atoms with Gasteiger partial charge in [0.15, 0.2) is 0 Å². The fourth-order valence-electron chi connectivity index (χ4n) is 2.29. The van der Waals surface area contributed by atoms with E-state index in [4.69, 9.17) is 5.11 Å². The average molecular weight is 291 g/mol. The summed E-state index contributed by atoms with van der Waals surface area (Å²) in [6, 6.07) is 9.05. The molecule has 0 aliphatic carbocycles. The molecule has 1 aromatic rings. The second kappa shape index (κ2) is 7.08. The maximum absolute atomic E-state index is 11.9. The summed E-state index contributed by atoms with van der Waals surface area (Å²) in [5, 5.41) is 11.3. The van der Waals surface area contributed by atoms with Crippen LogP contribution in [0.2, 0.25) is 0 Å². The highest BCUT2D eigenvalue weighted by molar-refractivity contribution is 5.82. The molecule has 6 heteroatoms. The van der Waals surface area contributed by atoms with Crippen molar-refractivity contribution in [3.05, 3.63) is 35.9 Å². The first kappa shape index (κ1) is 15.3. The lowest BCUT2D eigenvalue weighted by molar-refractivity contribution is -0.138. The maximum atomic E-state index is 11.9. The fraction of sp³-hybridized carbons (Fsp3) is 0.467. The van der Waals surface area contributed by atoms with Crippen LogP contribution >= 0.6 is 0 Å². The standard InChI is InChI=1S/C15H21N3O3/c1-12(14(19)20)16-15(21)18-9-7-17(8-10-18)11-13-5-3-2-4-6-13/h2-6,12H,7-11H2,1H3,(H,16,21)(H,19,20). The molecule has 114 valence electrons. The van der Waals surface area contributed by atoms with Crippen molar-refractivity contribution in [3.8, 4) is 0 Å². The number of hydrogen-bond acceptors (Lipinski definition) is 3. The number of piperazine rings is 1. The minimum Gasteiger partial charge on any atom is -0.480 e. The van der Waals surface area contributed by atoms with Crippen molar-refractivity contribution in [3.63, 3.8) is 0 Å². The zero-order chi connectivity index (χ0) is 15.2. The van der Waals surface area contributed by atoms with Gasteiger partial charge in [0.1, 0.15) is 6.04 Å². The van der Waals surface area contributed by atoms with E-state index in [1.165, 1.54) is 12.5 Å². The summed E-state index contributed by atoms with van der Waals surface area (Å²) in [5.74, 6) is -1.02. The van der Waals surface area contributed by atoms with E-state index in [2.05, 4.69) is 22.3 Å². The molecule has 0 radical (unpaired) electrons. The van der Waals surface area contributed by atoms with E-state index in [1.54, 1.807) is 4.90 Å². The summed E-state index contributed by atoms with van der Waals surface area (Å²) >= 11 is 0. The molecule has 0 aromatic heterocycles. The number of urea groups is 1. The van der Waals surface area contributed by atoms with Crippen molar-refractivity contribution >= 4 is 12.0 Å². The van der Waals surface area contributed by atoms with Gasteiger partial charge in [0.25, 0.3) is 0 Å². The molecule has 1 atom stereocenters. The number of aliphatic carboxylic acids is 1. The molecule has 1 saturated heterocycles. The summed E-state index contributed by atoms with van der Waals surface area (Å²) in [6.07, 6.45) is 0. The zero-order valence-corrected chi connectivity index (χ0v) is 12.2. The quantitative estimate of drug-likeness (QED) is 0.867. The molecule has 6 nitrogen and oxygen atoms in total. The van der Waals surface area contributed by atoms with Gasteiger partial charge in [-0.3, -0.25) is 9.69 Å². The van der Waals surface area contributed by atoms with Gasteiger partial charge in [-0.15, -0.1) is 0 Å². The van der Waals surface area contributed by atoms with Crippen LogP contribution in [-0.4, -0.2) is 59.1 Å². The van der Waals surface area contributed by atoms with Gasteiger partial charge < -0.3 is 15.3 Å². The average Bonchev–Trinajstić information content (AvgIpc) is 2.48. The van der Waals surface area contributed by atoms with Gasteiger partial charge in [-0.1, -0.05) is 30.3 Å². The monoisotopic (exact) mass is 291 g/mol. The molecule has 1 aliphatic rings. The Kier molecular flexibility index (Phi) is 5.16. The second-order valence-corrected chi connectivity index (χ2v) is 5.26. The van der Waals surface area contributed by atoms with Gasteiger partial charge in [0.2, 0.25) is 0 Å². The Hall–Kier alpha value is -2.08. The normalized spacial score (nSPS) is 17.3. The van der Waals surface area contributed by atoms with Gasteiger partial charge >= 0.3 is 12.0 Å². The molecular formula is C15H21N3O3. The number of nitrogens with one attached hydrogen (secondary N) is 1. The summed E-state index contributed by atoms with van der Waals surface area (Å²) < 4.78 is 0.